The minimum absolute atomic E-state index is 0.153. The minimum atomic E-state index is -0.189. The van der Waals surface area contributed by atoms with Gasteiger partial charge in [0, 0.05) is 35.0 Å². The van der Waals surface area contributed by atoms with Crippen LogP contribution in [0.25, 0.3) is 0 Å². The molecule has 0 saturated heterocycles. The fourth-order valence-electron chi connectivity index (χ4n) is 2.48. The number of nitrogens with one attached hydrogen (secondary N) is 1. The van der Waals surface area contributed by atoms with Gasteiger partial charge in [-0.15, -0.1) is 0 Å². The maximum absolute atomic E-state index is 13.3. The lowest BCUT2D eigenvalue weighted by molar-refractivity contribution is 0.513. The van der Waals surface area contributed by atoms with E-state index >= 15 is 0 Å². The Morgan fingerprint density at radius 3 is 2.86 bits per heavy atom. The number of benzene rings is 1. The molecule has 1 heterocycles. The van der Waals surface area contributed by atoms with Crippen molar-refractivity contribution in [3.8, 4) is 0 Å². The fraction of sp³-hybridized carbons (Fsp3) is 0.438. The van der Waals surface area contributed by atoms with Crippen LogP contribution in [0, 0.1) is 9.39 Å². The van der Waals surface area contributed by atoms with Gasteiger partial charge >= 0.3 is 0 Å². The van der Waals surface area contributed by atoms with E-state index in [9.17, 15) is 4.39 Å². The average Bonchev–Trinajstić information content (AvgIpc) is 2.86. The molecule has 0 radical (unpaired) electrons. The summed E-state index contributed by atoms with van der Waals surface area (Å²) < 4.78 is 16.4. The molecule has 0 spiro atoms. The van der Waals surface area contributed by atoms with Crippen molar-refractivity contribution in [1.82, 2.24) is 14.9 Å². The minimum Gasteiger partial charge on any atom is -0.335 e. The quantitative estimate of drug-likeness (QED) is 0.713. The van der Waals surface area contributed by atoms with Crippen LogP contribution in [0.15, 0.2) is 30.6 Å². The van der Waals surface area contributed by atoms with Gasteiger partial charge in [0.1, 0.15) is 11.6 Å². The van der Waals surface area contributed by atoms with E-state index in [0.717, 1.165) is 40.9 Å². The number of rotatable bonds is 7. The molecule has 0 amide bonds. The molecular formula is C16H21FIN3. The Balaban J connectivity index is 2.24. The highest BCUT2D eigenvalue weighted by Crippen LogP contribution is 2.24. The van der Waals surface area contributed by atoms with Crippen LogP contribution in [0.4, 0.5) is 4.39 Å². The van der Waals surface area contributed by atoms with Gasteiger partial charge in [-0.1, -0.05) is 19.9 Å². The Morgan fingerprint density at radius 1 is 1.38 bits per heavy atom. The van der Waals surface area contributed by atoms with Crippen LogP contribution < -0.4 is 5.32 Å². The Morgan fingerprint density at radius 2 is 2.19 bits per heavy atom. The maximum atomic E-state index is 13.3. The van der Waals surface area contributed by atoms with Gasteiger partial charge in [0.2, 0.25) is 0 Å². The number of likely N-dealkylation sites (N-methyl/N-ethyl adjacent to an activating group) is 1. The standard InChI is InChI=1S/C16H21FIN3/c1-3-8-21-9-7-20-16(21)11-15(19-4-2)13-6-5-12(17)10-14(13)18/h5-7,9-10,15,19H,3-4,8,11H2,1-2H3. The number of nitrogens with zero attached hydrogens (tertiary/aromatic N) is 2. The number of halogens is 2. The molecule has 1 atom stereocenters. The van der Waals surface area contributed by atoms with Gasteiger partial charge in [-0.2, -0.15) is 0 Å². The van der Waals surface area contributed by atoms with E-state index in [4.69, 9.17) is 0 Å². The smallest absolute Gasteiger partial charge is 0.124 e. The zero-order valence-corrected chi connectivity index (χ0v) is 14.6. The molecule has 2 rings (SSSR count). The average molecular weight is 401 g/mol. The molecule has 1 aromatic heterocycles. The van der Waals surface area contributed by atoms with E-state index in [0.29, 0.717) is 0 Å². The van der Waals surface area contributed by atoms with E-state index < -0.39 is 0 Å². The van der Waals surface area contributed by atoms with Crippen molar-refractivity contribution < 1.29 is 4.39 Å². The molecule has 0 fully saturated rings. The van der Waals surface area contributed by atoms with Crippen LogP contribution in [-0.2, 0) is 13.0 Å². The predicted molar refractivity (Wildman–Crippen MR) is 91.8 cm³/mol. The zero-order valence-electron chi connectivity index (χ0n) is 12.4. The first-order chi connectivity index (χ1) is 10.2. The largest absolute Gasteiger partial charge is 0.335 e. The molecular weight excluding hydrogens is 380 g/mol. The van der Waals surface area contributed by atoms with Crippen LogP contribution in [0.2, 0.25) is 0 Å². The van der Waals surface area contributed by atoms with E-state index in [1.54, 1.807) is 6.07 Å². The summed E-state index contributed by atoms with van der Waals surface area (Å²) >= 11 is 2.20. The molecule has 114 valence electrons. The van der Waals surface area contributed by atoms with Crippen LogP contribution in [0.3, 0.4) is 0 Å². The normalized spacial score (nSPS) is 12.6. The highest BCUT2D eigenvalue weighted by Gasteiger charge is 2.17. The number of aryl methyl sites for hydroxylation is 1. The van der Waals surface area contributed by atoms with Crippen LogP contribution in [0.1, 0.15) is 37.7 Å². The Kier molecular flexibility index (Phi) is 6.17. The van der Waals surface area contributed by atoms with E-state index in [1.807, 2.05) is 18.5 Å². The van der Waals surface area contributed by atoms with E-state index in [-0.39, 0.29) is 11.9 Å². The van der Waals surface area contributed by atoms with Crippen LogP contribution in [-0.4, -0.2) is 16.1 Å². The third-order valence-electron chi connectivity index (χ3n) is 3.44. The van der Waals surface area contributed by atoms with Crippen molar-refractivity contribution in [1.29, 1.82) is 0 Å². The fourth-order valence-corrected chi connectivity index (χ4v) is 3.33. The van der Waals surface area contributed by atoms with Gasteiger partial charge in [-0.05, 0) is 53.3 Å². The van der Waals surface area contributed by atoms with Crippen molar-refractivity contribution in [2.75, 3.05) is 6.54 Å². The highest BCUT2D eigenvalue weighted by atomic mass is 127. The molecule has 1 N–H and O–H groups in total. The van der Waals surface area contributed by atoms with Crippen molar-refractivity contribution in [3.05, 3.63) is 51.4 Å². The van der Waals surface area contributed by atoms with Crippen molar-refractivity contribution in [2.24, 2.45) is 0 Å². The maximum Gasteiger partial charge on any atom is 0.124 e. The first kappa shape index (κ1) is 16.4. The summed E-state index contributed by atoms with van der Waals surface area (Å²) in [4.78, 5) is 4.48. The monoisotopic (exact) mass is 401 g/mol. The molecule has 3 nitrogen and oxygen atoms in total. The first-order valence-electron chi connectivity index (χ1n) is 7.34. The van der Waals surface area contributed by atoms with Crippen molar-refractivity contribution >= 4 is 22.6 Å². The molecule has 1 aromatic carbocycles. The topological polar surface area (TPSA) is 29.9 Å². The van der Waals surface area contributed by atoms with Crippen molar-refractivity contribution in [3.63, 3.8) is 0 Å². The second kappa shape index (κ2) is 7.89. The summed E-state index contributed by atoms with van der Waals surface area (Å²) in [5.41, 5.74) is 1.13. The zero-order chi connectivity index (χ0) is 15.2. The predicted octanol–water partition coefficient (Wildman–Crippen LogP) is 3.93. The van der Waals surface area contributed by atoms with Crippen LogP contribution >= 0.6 is 22.6 Å². The lowest BCUT2D eigenvalue weighted by atomic mass is 10.0. The molecule has 1 unspecified atom stereocenters. The van der Waals surface area contributed by atoms with E-state index in [2.05, 4.69) is 51.3 Å². The lowest BCUT2D eigenvalue weighted by Gasteiger charge is -2.20. The van der Waals surface area contributed by atoms with Gasteiger partial charge in [0.05, 0.1) is 0 Å². The molecule has 0 aliphatic heterocycles. The number of aromatic nitrogens is 2. The third-order valence-corrected chi connectivity index (χ3v) is 4.38. The van der Waals surface area contributed by atoms with Gasteiger partial charge in [-0.25, -0.2) is 9.37 Å². The van der Waals surface area contributed by atoms with Gasteiger partial charge < -0.3 is 9.88 Å². The second-order valence-electron chi connectivity index (χ2n) is 5.02. The molecule has 0 aliphatic rings. The number of hydrogen-bond donors (Lipinski definition) is 1. The first-order valence-corrected chi connectivity index (χ1v) is 8.41. The number of imidazole rings is 1. The summed E-state index contributed by atoms with van der Waals surface area (Å²) in [6.45, 7) is 6.09. The Bertz CT molecular complexity index is 583. The molecule has 0 bridgehead atoms. The summed E-state index contributed by atoms with van der Waals surface area (Å²) in [7, 11) is 0. The summed E-state index contributed by atoms with van der Waals surface area (Å²) in [5.74, 6) is 0.883. The van der Waals surface area contributed by atoms with Crippen molar-refractivity contribution in [2.45, 2.75) is 39.3 Å². The second-order valence-corrected chi connectivity index (χ2v) is 6.18. The highest BCUT2D eigenvalue weighted by molar-refractivity contribution is 14.1. The molecule has 21 heavy (non-hydrogen) atoms. The third kappa shape index (κ3) is 4.26. The molecule has 2 aromatic rings. The Labute approximate surface area is 139 Å². The lowest BCUT2D eigenvalue weighted by Crippen LogP contribution is -2.25. The molecule has 5 heteroatoms. The summed E-state index contributed by atoms with van der Waals surface area (Å²) in [5, 5.41) is 3.49. The SMILES string of the molecule is CCCn1ccnc1CC(NCC)c1ccc(F)cc1I. The molecule has 0 aliphatic carbocycles. The number of hydrogen-bond acceptors (Lipinski definition) is 2. The molecule has 0 saturated carbocycles. The van der Waals surface area contributed by atoms with E-state index in [1.165, 1.54) is 6.07 Å². The van der Waals surface area contributed by atoms with Gasteiger partial charge in [0.15, 0.2) is 0 Å². The summed E-state index contributed by atoms with van der Waals surface area (Å²) in [6.07, 6.45) is 5.77. The van der Waals surface area contributed by atoms with Gasteiger partial charge in [-0.3, -0.25) is 0 Å². The summed E-state index contributed by atoms with van der Waals surface area (Å²) in [6, 6.07) is 5.14. The van der Waals surface area contributed by atoms with Crippen LogP contribution in [0.5, 0.6) is 0 Å². The Hall–Kier alpha value is -0.950. The van der Waals surface area contributed by atoms with Gasteiger partial charge in [0.25, 0.3) is 0 Å².